The van der Waals surface area contributed by atoms with Gasteiger partial charge in [-0.15, -0.1) is 0 Å². The number of hydrogen-bond acceptors (Lipinski definition) is 1. The molecule has 0 amide bonds. The van der Waals surface area contributed by atoms with E-state index >= 15 is 0 Å². The van der Waals surface area contributed by atoms with Gasteiger partial charge >= 0.3 is 245 Å². The van der Waals surface area contributed by atoms with Gasteiger partial charge in [0.1, 0.15) is 0 Å². The standard InChI is InChI=1S/C48H99AsO/c1-4-7-10-13-16-19-22-25-28-31-34-37-40-43-46-49(50,47-44-41-38-35-32-29-26-23-20-17-14-11-8-5-2)48-45-42-39-36-33-30-27-24-21-18-15-12-9-6-3/h4-48H2,1-3H3. The maximum absolute atomic E-state index is 14.2. The molecule has 0 N–H and O–H groups in total. The molecule has 0 heterocycles. The van der Waals surface area contributed by atoms with E-state index in [4.69, 9.17) is 0 Å². The molecule has 0 saturated heterocycles. The number of hydrogen-bond donors (Lipinski definition) is 0. The molecule has 0 spiro atoms. The summed E-state index contributed by atoms with van der Waals surface area (Å²) in [4.78, 5) is 0. The molecule has 2 heteroatoms. The number of unbranched alkanes of at least 4 members (excludes halogenated alkanes) is 39. The van der Waals surface area contributed by atoms with Crippen molar-refractivity contribution in [2.75, 3.05) is 0 Å². The molecule has 302 valence electrons. The minimum Gasteiger partial charge on any atom is -0.0654 e. The van der Waals surface area contributed by atoms with E-state index in [0.717, 1.165) is 15.6 Å². The summed E-state index contributed by atoms with van der Waals surface area (Å²) < 4.78 is 14.2. The van der Waals surface area contributed by atoms with Crippen LogP contribution < -0.4 is 0 Å². The summed E-state index contributed by atoms with van der Waals surface area (Å²) in [5, 5.41) is 3.35. The monoisotopic (exact) mass is 767 g/mol. The Morgan fingerprint density at radius 2 is 0.320 bits per heavy atom. The Hall–Kier alpha value is 0.358. The van der Waals surface area contributed by atoms with Crippen molar-refractivity contribution in [2.24, 2.45) is 0 Å². The van der Waals surface area contributed by atoms with Gasteiger partial charge in [-0.3, -0.25) is 0 Å². The fourth-order valence-corrected chi connectivity index (χ4v) is 14.6. The van der Waals surface area contributed by atoms with Crippen LogP contribution >= 0.6 is 0 Å². The molecule has 0 aromatic rings. The van der Waals surface area contributed by atoms with E-state index in [9.17, 15) is 3.74 Å². The molecule has 0 bridgehead atoms. The van der Waals surface area contributed by atoms with Crippen LogP contribution in [0.25, 0.3) is 0 Å². The van der Waals surface area contributed by atoms with E-state index in [1.54, 1.807) is 0 Å². The molecule has 1 nitrogen and oxygen atoms in total. The van der Waals surface area contributed by atoms with Crippen LogP contribution in [0.3, 0.4) is 0 Å². The summed E-state index contributed by atoms with van der Waals surface area (Å²) in [5.74, 6) is 0. The second kappa shape index (κ2) is 43.8. The van der Waals surface area contributed by atoms with Gasteiger partial charge in [0.05, 0.1) is 0 Å². The predicted molar refractivity (Wildman–Crippen MR) is 232 cm³/mol. The maximum atomic E-state index is 14.2. The van der Waals surface area contributed by atoms with Crippen LogP contribution in [0, 0.1) is 0 Å². The minimum atomic E-state index is -2.71. The Bertz CT molecular complexity index is 558. The molecule has 0 saturated carbocycles. The van der Waals surface area contributed by atoms with E-state index in [-0.39, 0.29) is 0 Å². The average molecular weight is 767 g/mol. The summed E-state index contributed by atoms with van der Waals surface area (Å²) in [6, 6.07) is 0. The second-order valence-electron chi connectivity index (χ2n) is 17.0. The fraction of sp³-hybridized carbons (Fsp3) is 1.00. The van der Waals surface area contributed by atoms with Crippen molar-refractivity contribution in [2.45, 2.75) is 306 Å². The Kier molecular flexibility index (Phi) is 44.1. The van der Waals surface area contributed by atoms with Gasteiger partial charge in [0.2, 0.25) is 0 Å². The van der Waals surface area contributed by atoms with E-state index in [0.29, 0.717) is 0 Å². The first-order valence-corrected chi connectivity index (χ1v) is 29.0. The molecule has 0 atom stereocenters. The van der Waals surface area contributed by atoms with Crippen molar-refractivity contribution < 1.29 is 3.74 Å². The van der Waals surface area contributed by atoms with Gasteiger partial charge in [0.15, 0.2) is 0 Å². The van der Waals surface area contributed by atoms with E-state index in [2.05, 4.69) is 20.8 Å². The molecule has 0 rings (SSSR count). The zero-order valence-corrected chi connectivity index (χ0v) is 37.6. The van der Waals surface area contributed by atoms with Crippen LogP contribution in [0.5, 0.6) is 0 Å². The zero-order valence-electron chi connectivity index (χ0n) is 35.7. The predicted octanol–water partition coefficient (Wildman–Crippen LogP) is 18.8. The van der Waals surface area contributed by atoms with Gasteiger partial charge < -0.3 is 0 Å². The quantitative estimate of drug-likeness (QED) is 0.0446. The average Bonchev–Trinajstić information content (AvgIpc) is 3.12. The van der Waals surface area contributed by atoms with Gasteiger partial charge in [-0.1, -0.05) is 78.6 Å². The normalized spacial score (nSPS) is 12.0. The summed E-state index contributed by atoms with van der Waals surface area (Å²) >= 11 is -2.71. The third-order valence-electron chi connectivity index (χ3n) is 11.8. The van der Waals surface area contributed by atoms with Gasteiger partial charge in [-0.2, -0.15) is 0 Å². The third-order valence-corrected chi connectivity index (χ3v) is 18.9. The molecular weight excluding hydrogens is 667 g/mol. The van der Waals surface area contributed by atoms with Crippen molar-refractivity contribution in [1.29, 1.82) is 0 Å². The molecule has 0 aromatic carbocycles. The van der Waals surface area contributed by atoms with Gasteiger partial charge in [-0.05, 0) is 0 Å². The molecule has 0 aliphatic carbocycles. The topological polar surface area (TPSA) is 17.1 Å². The molecule has 0 radical (unpaired) electrons. The van der Waals surface area contributed by atoms with Crippen molar-refractivity contribution >= 4 is 13.5 Å². The molecule has 0 aliphatic rings. The Morgan fingerprint density at radius 3 is 0.460 bits per heavy atom. The third kappa shape index (κ3) is 41.1. The van der Waals surface area contributed by atoms with Crippen LogP contribution in [0.15, 0.2) is 0 Å². The first kappa shape index (κ1) is 50.4. The van der Waals surface area contributed by atoms with E-state index in [1.165, 1.54) is 270 Å². The van der Waals surface area contributed by atoms with Crippen LogP contribution in [0.4, 0.5) is 0 Å². The first-order valence-electron chi connectivity index (χ1n) is 24.3. The van der Waals surface area contributed by atoms with E-state index < -0.39 is 13.5 Å². The Balaban J connectivity index is 4.08. The van der Waals surface area contributed by atoms with Crippen LogP contribution in [0.2, 0.25) is 15.6 Å². The molecular formula is C48H99AsO. The van der Waals surface area contributed by atoms with Crippen molar-refractivity contribution in [3.8, 4) is 0 Å². The van der Waals surface area contributed by atoms with Crippen molar-refractivity contribution in [3.63, 3.8) is 0 Å². The summed E-state index contributed by atoms with van der Waals surface area (Å²) in [7, 11) is 0. The first-order chi connectivity index (χ1) is 24.7. The van der Waals surface area contributed by atoms with Crippen molar-refractivity contribution in [3.05, 3.63) is 0 Å². The fourth-order valence-electron chi connectivity index (χ4n) is 8.12. The number of rotatable bonds is 45. The van der Waals surface area contributed by atoms with E-state index in [1.807, 2.05) is 0 Å². The van der Waals surface area contributed by atoms with Crippen molar-refractivity contribution in [1.82, 2.24) is 0 Å². The SMILES string of the molecule is CCCCCCCCCCCCCCCC[As](=O)(CCCCCCCCCCCCCCCC)CCCCCCCCCCCCCCCC. The molecule has 0 fully saturated rings. The minimum absolute atomic E-state index is 1.12. The van der Waals surface area contributed by atoms with Crippen LogP contribution in [0.1, 0.15) is 290 Å². The van der Waals surface area contributed by atoms with Gasteiger partial charge in [0, 0.05) is 0 Å². The summed E-state index contributed by atoms with van der Waals surface area (Å²) in [6.45, 7) is 6.92. The van der Waals surface area contributed by atoms with Crippen LogP contribution in [-0.2, 0) is 3.74 Å². The molecule has 0 unspecified atom stereocenters. The molecule has 0 aromatic heterocycles. The zero-order chi connectivity index (χ0) is 36.3. The second-order valence-corrected chi connectivity index (χ2v) is 24.3. The molecule has 0 aliphatic heterocycles. The van der Waals surface area contributed by atoms with Gasteiger partial charge in [-0.25, -0.2) is 0 Å². The van der Waals surface area contributed by atoms with Gasteiger partial charge in [0.25, 0.3) is 0 Å². The smallest absolute Gasteiger partial charge is 0.0654 e. The van der Waals surface area contributed by atoms with Crippen LogP contribution in [-0.4, -0.2) is 13.5 Å². The molecule has 50 heavy (non-hydrogen) atoms. The Labute approximate surface area is 321 Å². The Morgan fingerprint density at radius 1 is 0.200 bits per heavy atom. The summed E-state index contributed by atoms with van der Waals surface area (Å²) in [6.07, 6.45) is 59.3. The summed E-state index contributed by atoms with van der Waals surface area (Å²) in [5.41, 5.74) is 0.